The number of hydrogen-bond donors (Lipinski definition) is 2. The highest BCUT2D eigenvalue weighted by molar-refractivity contribution is 5.99. The molecule has 0 fully saturated rings. The molecule has 0 aliphatic carbocycles. The SMILES string of the molecule is COc1ccc([C@H](C)NC(=O)c2cn[nH]c2-c2ccc(C)cc2)cc1. The summed E-state index contributed by atoms with van der Waals surface area (Å²) in [6, 6.07) is 15.5. The lowest BCUT2D eigenvalue weighted by Gasteiger charge is -2.15. The quantitative estimate of drug-likeness (QED) is 0.743. The van der Waals surface area contributed by atoms with Crippen LogP contribution in [-0.2, 0) is 0 Å². The van der Waals surface area contributed by atoms with Crippen LogP contribution in [0.5, 0.6) is 5.75 Å². The average Bonchev–Trinajstić information content (AvgIpc) is 3.12. The van der Waals surface area contributed by atoms with Crippen molar-refractivity contribution in [3.63, 3.8) is 0 Å². The Morgan fingerprint density at radius 1 is 1.12 bits per heavy atom. The maximum Gasteiger partial charge on any atom is 0.255 e. The first-order chi connectivity index (χ1) is 12.1. The van der Waals surface area contributed by atoms with Crippen LogP contribution >= 0.6 is 0 Å². The zero-order valence-corrected chi connectivity index (χ0v) is 14.5. The van der Waals surface area contributed by atoms with Gasteiger partial charge in [-0.2, -0.15) is 5.10 Å². The topological polar surface area (TPSA) is 67.0 Å². The van der Waals surface area contributed by atoms with E-state index in [1.165, 1.54) is 5.56 Å². The predicted octanol–water partition coefficient (Wildman–Crippen LogP) is 3.88. The van der Waals surface area contributed by atoms with E-state index in [1.807, 2.05) is 62.4 Å². The standard InChI is InChI=1S/C20H21N3O2/c1-13-4-6-16(7-5-13)19-18(12-21-23-19)20(24)22-14(2)15-8-10-17(25-3)11-9-15/h4-12,14H,1-3H3,(H,21,23)(H,22,24)/t14-/m0/s1. The Morgan fingerprint density at radius 2 is 1.80 bits per heavy atom. The number of H-pyrrole nitrogens is 1. The van der Waals surface area contributed by atoms with Crippen LogP contribution in [0.25, 0.3) is 11.3 Å². The van der Waals surface area contributed by atoms with Gasteiger partial charge in [-0.25, -0.2) is 0 Å². The first-order valence-corrected chi connectivity index (χ1v) is 8.13. The lowest BCUT2D eigenvalue weighted by Crippen LogP contribution is -2.26. The van der Waals surface area contributed by atoms with Crippen molar-refractivity contribution in [3.8, 4) is 17.0 Å². The van der Waals surface area contributed by atoms with Crippen LogP contribution in [0.15, 0.2) is 54.7 Å². The summed E-state index contributed by atoms with van der Waals surface area (Å²) in [6.45, 7) is 3.98. The molecule has 5 heteroatoms. The van der Waals surface area contributed by atoms with Gasteiger partial charge in [-0.3, -0.25) is 9.89 Å². The number of hydrogen-bond acceptors (Lipinski definition) is 3. The molecule has 0 saturated carbocycles. The molecule has 0 aliphatic heterocycles. The van der Waals surface area contributed by atoms with Gasteiger partial charge in [0.1, 0.15) is 5.75 Å². The van der Waals surface area contributed by atoms with Crippen LogP contribution in [0.1, 0.15) is 34.5 Å². The molecule has 0 aliphatic rings. The van der Waals surface area contributed by atoms with Crippen LogP contribution in [0.2, 0.25) is 0 Å². The fourth-order valence-electron chi connectivity index (χ4n) is 2.65. The predicted molar refractivity (Wildman–Crippen MR) is 97.6 cm³/mol. The van der Waals surface area contributed by atoms with Gasteiger partial charge in [0.05, 0.1) is 30.6 Å². The molecule has 1 amide bonds. The van der Waals surface area contributed by atoms with Gasteiger partial charge in [0.15, 0.2) is 0 Å². The molecule has 0 spiro atoms. The van der Waals surface area contributed by atoms with Crippen molar-refractivity contribution < 1.29 is 9.53 Å². The maximum atomic E-state index is 12.7. The van der Waals surface area contributed by atoms with E-state index >= 15 is 0 Å². The van der Waals surface area contributed by atoms with Crippen LogP contribution < -0.4 is 10.1 Å². The van der Waals surface area contributed by atoms with Crippen LogP contribution in [0.3, 0.4) is 0 Å². The Labute approximate surface area is 147 Å². The van der Waals surface area contributed by atoms with E-state index in [-0.39, 0.29) is 11.9 Å². The van der Waals surface area contributed by atoms with E-state index in [2.05, 4.69) is 15.5 Å². The zero-order valence-electron chi connectivity index (χ0n) is 14.5. The monoisotopic (exact) mass is 335 g/mol. The van der Waals surface area contributed by atoms with Crippen molar-refractivity contribution in [1.29, 1.82) is 0 Å². The highest BCUT2D eigenvalue weighted by atomic mass is 16.5. The van der Waals surface area contributed by atoms with Crippen LogP contribution in [0.4, 0.5) is 0 Å². The molecule has 3 aromatic rings. The number of ether oxygens (including phenoxy) is 1. The van der Waals surface area contributed by atoms with E-state index in [1.54, 1.807) is 13.3 Å². The number of amides is 1. The van der Waals surface area contributed by atoms with Crippen molar-refractivity contribution in [2.75, 3.05) is 7.11 Å². The van der Waals surface area contributed by atoms with Gasteiger partial charge in [0.25, 0.3) is 5.91 Å². The fraction of sp³-hybridized carbons (Fsp3) is 0.200. The second kappa shape index (κ2) is 7.21. The minimum absolute atomic E-state index is 0.126. The van der Waals surface area contributed by atoms with Crippen LogP contribution in [0, 0.1) is 6.92 Å². The summed E-state index contributed by atoms with van der Waals surface area (Å²) in [5, 5.41) is 9.98. The first kappa shape index (κ1) is 16.8. The number of carbonyl (C=O) groups excluding carboxylic acids is 1. The summed E-state index contributed by atoms with van der Waals surface area (Å²) in [4.78, 5) is 12.7. The second-order valence-corrected chi connectivity index (χ2v) is 5.99. The van der Waals surface area contributed by atoms with E-state index in [4.69, 9.17) is 4.74 Å². The Hall–Kier alpha value is -3.08. The third-order valence-electron chi connectivity index (χ3n) is 4.19. The number of aromatic nitrogens is 2. The number of aromatic amines is 1. The maximum absolute atomic E-state index is 12.7. The Morgan fingerprint density at radius 3 is 2.44 bits per heavy atom. The Kier molecular flexibility index (Phi) is 4.84. The molecule has 2 N–H and O–H groups in total. The molecule has 128 valence electrons. The second-order valence-electron chi connectivity index (χ2n) is 5.99. The highest BCUT2D eigenvalue weighted by Crippen LogP contribution is 2.23. The molecule has 25 heavy (non-hydrogen) atoms. The molecule has 5 nitrogen and oxygen atoms in total. The Balaban J connectivity index is 1.77. The summed E-state index contributed by atoms with van der Waals surface area (Å²) in [7, 11) is 1.63. The van der Waals surface area contributed by atoms with Crippen molar-refractivity contribution in [1.82, 2.24) is 15.5 Å². The van der Waals surface area contributed by atoms with Gasteiger partial charge >= 0.3 is 0 Å². The smallest absolute Gasteiger partial charge is 0.255 e. The molecular weight excluding hydrogens is 314 g/mol. The number of benzene rings is 2. The summed E-state index contributed by atoms with van der Waals surface area (Å²) < 4.78 is 5.16. The minimum atomic E-state index is -0.160. The molecule has 0 unspecified atom stereocenters. The van der Waals surface area contributed by atoms with Gasteiger partial charge in [-0.05, 0) is 31.5 Å². The molecule has 1 aromatic heterocycles. The Bertz CT molecular complexity index is 851. The summed E-state index contributed by atoms with van der Waals surface area (Å²) in [5.41, 5.74) is 4.37. The van der Waals surface area contributed by atoms with Gasteiger partial charge in [-0.15, -0.1) is 0 Å². The normalized spacial score (nSPS) is 11.8. The third-order valence-corrected chi connectivity index (χ3v) is 4.19. The zero-order chi connectivity index (χ0) is 17.8. The third kappa shape index (κ3) is 3.71. The van der Waals surface area contributed by atoms with E-state index in [9.17, 15) is 4.79 Å². The molecule has 1 heterocycles. The minimum Gasteiger partial charge on any atom is -0.497 e. The summed E-state index contributed by atoms with van der Waals surface area (Å²) in [5.74, 6) is 0.631. The highest BCUT2D eigenvalue weighted by Gasteiger charge is 2.17. The first-order valence-electron chi connectivity index (χ1n) is 8.13. The summed E-state index contributed by atoms with van der Waals surface area (Å²) >= 11 is 0. The van der Waals surface area contributed by atoms with Gasteiger partial charge in [0, 0.05) is 5.56 Å². The molecule has 0 radical (unpaired) electrons. The summed E-state index contributed by atoms with van der Waals surface area (Å²) in [6.07, 6.45) is 1.56. The molecular formula is C20H21N3O2. The number of carbonyl (C=O) groups is 1. The van der Waals surface area contributed by atoms with Crippen LogP contribution in [-0.4, -0.2) is 23.2 Å². The lowest BCUT2D eigenvalue weighted by atomic mass is 10.0. The fourth-order valence-corrected chi connectivity index (χ4v) is 2.65. The molecule has 1 atom stereocenters. The van der Waals surface area contributed by atoms with Gasteiger partial charge in [0.2, 0.25) is 0 Å². The number of nitrogens with one attached hydrogen (secondary N) is 2. The van der Waals surface area contributed by atoms with E-state index in [0.29, 0.717) is 5.56 Å². The van der Waals surface area contributed by atoms with E-state index < -0.39 is 0 Å². The molecule has 0 bridgehead atoms. The lowest BCUT2D eigenvalue weighted by molar-refractivity contribution is 0.0940. The average molecular weight is 335 g/mol. The van der Waals surface area contributed by atoms with E-state index in [0.717, 1.165) is 22.6 Å². The van der Waals surface area contributed by atoms with Gasteiger partial charge in [-0.1, -0.05) is 42.0 Å². The number of rotatable bonds is 5. The molecule has 2 aromatic carbocycles. The van der Waals surface area contributed by atoms with Crippen molar-refractivity contribution >= 4 is 5.91 Å². The number of methoxy groups -OCH3 is 1. The largest absolute Gasteiger partial charge is 0.497 e. The van der Waals surface area contributed by atoms with Gasteiger partial charge < -0.3 is 10.1 Å². The number of nitrogens with zero attached hydrogens (tertiary/aromatic N) is 1. The molecule has 3 rings (SSSR count). The van der Waals surface area contributed by atoms with Crippen molar-refractivity contribution in [2.24, 2.45) is 0 Å². The molecule has 0 saturated heterocycles. The number of aryl methyl sites for hydroxylation is 1. The van der Waals surface area contributed by atoms with Crippen molar-refractivity contribution in [2.45, 2.75) is 19.9 Å². The van der Waals surface area contributed by atoms with Crippen molar-refractivity contribution in [3.05, 3.63) is 71.4 Å².